The fraction of sp³-hybridized carbons (Fsp3) is 0.0435. The number of para-hydroxylation sites is 1. The van der Waals surface area contributed by atoms with Crippen molar-refractivity contribution in [2.45, 2.75) is 11.4 Å². The molecule has 9 heteroatoms. The van der Waals surface area contributed by atoms with Gasteiger partial charge in [-0.15, -0.1) is 0 Å². The van der Waals surface area contributed by atoms with Crippen molar-refractivity contribution in [1.29, 1.82) is 0 Å². The third kappa shape index (κ3) is 4.84. The molecule has 0 saturated heterocycles. The molecule has 0 spiro atoms. The lowest BCUT2D eigenvalue weighted by Crippen LogP contribution is -2.24. The molecule has 1 aromatic heterocycles. The molecule has 7 nitrogen and oxygen atoms in total. The predicted molar refractivity (Wildman–Crippen MR) is 118 cm³/mol. The van der Waals surface area contributed by atoms with Gasteiger partial charge in [-0.05, 0) is 60.2 Å². The van der Waals surface area contributed by atoms with E-state index in [1.54, 1.807) is 16.9 Å². The first kappa shape index (κ1) is 21.3. The van der Waals surface area contributed by atoms with Crippen LogP contribution in [0.3, 0.4) is 0 Å². The smallest absolute Gasteiger partial charge is 0.261 e. The summed E-state index contributed by atoms with van der Waals surface area (Å²) in [6.07, 6.45) is 3.48. The molecule has 1 amide bonds. The van der Waals surface area contributed by atoms with E-state index in [2.05, 4.69) is 15.1 Å². The minimum Gasteiger partial charge on any atom is -0.348 e. The second-order valence-corrected chi connectivity index (χ2v) is 8.58. The zero-order chi connectivity index (χ0) is 22.6. The Labute approximate surface area is 184 Å². The number of anilines is 1. The monoisotopic (exact) mass is 450 g/mol. The zero-order valence-corrected chi connectivity index (χ0v) is 17.6. The third-order valence-corrected chi connectivity index (χ3v) is 6.06. The predicted octanol–water partition coefficient (Wildman–Crippen LogP) is 3.74. The summed E-state index contributed by atoms with van der Waals surface area (Å²) in [5.41, 5.74) is 2.10. The van der Waals surface area contributed by atoms with E-state index in [0.29, 0.717) is 0 Å². The van der Waals surface area contributed by atoms with Crippen LogP contribution in [0.2, 0.25) is 0 Å². The van der Waals surface area contributed by atoms with Crippen LogP contribution in [0, 0.1) is 5.82 Å². The van der Waals surface area contributed by atoms with Crippen LogP contribution >= 0.6 is 0 Å². The average molecular weight is 450 g/mol. The fourth-order valence-electron chi connectivity index (χ4n) is 3.11. The molecule has 0 bridgehead atoms. The van der Waals surface area contributed by atoms with Crippen molar-refractivity contribution in [3.05, 3.63) is 108 Å². The van der Waals surface area contributed by atoms with E-state index >= 15 is 0 Å². The molecule has 0 fully saturated rings. The number of halogens is 1. The summed E-state index contributed by atoms with van der Waals surface area (Å²) in [6, 6.07) is 20.0. The number of hydrogen-bond acceptors (Lipinski definition) is 4. The van der Waals surface area contributed by atoms with Crippen molar-refractivity contribution in [3.8, 4) is 5.69 Å². The van der Waals surface area contributed by atoms with Crippen molar-refractivity contribution < 1.29 is 17.6 Å². The average Bonchev–Trinajstić information content (AvgIpc) is 3.34. The highest BCUT2D eigenvalue weighted by atomic mass is 32.2. The van der Waals surface area contributed by atoms with Gasteiger partial charge < -0.3 is 5.32 Å². The molecular formula is C23H19FN4O3S. The van der Waals surface area contributed by atoms with Gasteiger partial charge in [-0.3, -0.25) is 9.52 Å². The molecule has 3 aromatic carbocycles. The van der Waals surface area contributed by atoms with Gasteiger partial charge in [0.1, 0.15) is 5.82 Å². The Bertz CT molecular complexity index is 1340. The minimum atomic E-state index is -3.95. The lowest BCUT2D eigenvalue weighted by molar-refractivity contribution is 0.0950. The van der Waals surface area contributed by atoms with Gasteiger partial charge >= 0.3 is 0 Å². The highest BCUT2D eigenvalue weighted by Crippen LogP contribution is 2.18. The Balaban J connectivity index is 1.49. The molecular weight excluding hydrogens is 431 g/mol. The number of rotatable bonds is 7. The second-order valence-electron chi connectivity index (χ2n) is 6.90. The van der Waals surface area contributed by atoms with Crippen molar-refractivity contribution >= 4 is 21.6 Å². The molecule has 32 heavy (non-hydrogen) atoms. The number of amides is 1. The van der Waals surface area contributed by atoms with Crippen LogP contribution in [0.25, 0.3) is 5.69 Å². The first-order valence-electron chi connectivity index (χ1n) is 9.67. The van der Waals surface area contributed by atoms with E-state index in [1.165, 1.54) is 36.4 Å². The van der Waals surface area contributed by atoms with Gasteiger partial charge in [0.2, 0.25) is 0 Å². The maximum Gasteiger partial charge on any atom is 0.261 e. The summed E-state index contributed by atoms with van der Waals surface area (Å²) in [5.74, 6) is -0.889. The maximum absolute atomic E-state index is 13.1. The molecule has 0 saturated carbocycles. The quantitative estimate of drug-likeness (QED) is 0.449. The molecule has 4 rings (SSSR count). The molecule has 0 atom stereocenters. The summed E-state index contributed by atoms with van der Waals surface area (Å²) in [4.78, 5) is 12.6. The van der Waals surface area contributed by atoms with Crippen LogP contribution in [0.1, 0.15) is 15.9 Å². The number of carbonyl (C=O) groups is 1. The first-order valence-corrected chi connectivity index (χ1v) is 11.2. The first-order chi connectivity index (χ1) is 15.4. The molecule has 0 aliphatic rings. The van der Waals surface area contributed by atoms with Crippen LogP contribution in [0.15, 0.2) is 96.2 Å². The zero-order valence-electron chi connectivity index (χ0n) is 16.8. The largest absolute Gasteiger partial charge is 0.348 e. The van der Waals surface area contributed by atoms with Crippen LogP contribution in [0.5, 0.6) is 0 Å². The summed E-state index contributed by atoms with van der Waals surface area (Å²) in [7, 11) is -3.95. The van der Waals surface area contributed by atoms with Gasteiger partial charge in [-0.2, -0.15) is 5.10 Å². The lowest BCUT2D eigenvalue weighted by atomic mass is 10.1. The number of sulfonamides is 1. The molecule has 1 heterocycles. The number of carbonyl (C=O) groups excluding carboxylic acids is 1. The lowest BCUT2D eigenvalue weighted by Gasteiger charge is -2.12. The molecule has 2 N–H and O–H groups in total. The van der Waals surface area contributed by atoms with Crippen LogP contribution in [-0.2, 0) is 16.6 Å². The minimum absolute atomic E-state index is 0.0774. The van der Waals surface area contributed by atoms with Gasteiger partial charge in [0.15, 0.2) is 0 Å². The molecule has 162 valence electrons. The van der Waals surface area contributed by atoms with Gasteiger partial charge in [-0.25, -0.2) is 17.5 Å². The fourth-order valence-corrected chi connectivity index (χ4v) is 4.21. The summed E-state index contributed by atoms with van der Waals surface area (Å²) in [6.45, 7) is 0.236. The number of hydrogen-bond donors (Lipinski definition) is 2. The number of nitrogens with zero attached hydrogens (tertiary/aromatic N) is 2. The van der Waals surface area contributed by atoms with Crippen molar-refractivity contribution in [3.63, 3.8) is 0 Å². The molecule has 4 aromatic rings. The summed E-state index contributed by atoms with van der Waals surface area (Å²) < 4.78 is 42.5. The molecule has 0 unspecified atom stereocenters. The number of aromatic nitrogens is 2. The highest BCUT2D eigenvalue weighted by Gasteiger charge is 2.17. The van der Waals surface area contributed by atoms with E-state index in [-0.39, 0.29) is 22.7 Å². The van der Waals surface area contributed by atoms with Gasteiger partial charge in [0.05, 0.1) is 10.6 Å². The summed E-state index contributed by atoms with van der Waals surface area (Å²) >= 11 is 0. The maximum atomic E-state index is 13.1. The van der Waals surface area contributed by atoms with E-state index < -0.39 is 21.7 Å². The van der Waals surface area contributed by atoms with Gasteiger partial charge in [0, 0.05) is 30.2 Å². The topological polar surface area (TPSA) is 93.1 Å². The molecule has 0 radical (unpaired) electrons. The third-order valence-electron chi connectivity index (χ3n) is 4.69. The van der Waals surface area contributed by atoms with E-state index in [1.807, 2.05) is 30.5 Å². The SMILES string of the molecule is O=C(NCc1ccccc1-n1cccn1)c1cccc(S(=O)(=O)Nc2ccc(F)cc2)c1. The van der Waals surface area contributed by atoms with E-state index in [0.717, 1.165) is 23.4 Å². The Morgan fingerprint density at radius 1 is 0.969 bits per heavy atom. The standard InChI is InChI=1S/C23H19FN4O3S/c24-19-9-11-20(12-10-19)27-32(30,31)21-7-3-6-17(15-21)23(29)25-16-18-5-1-2-8-22(18)28-14-4-13-26-28/h1-15,27H,16H2,(H,25,29). The molecule has 0 aliphatic heterocycles. The normalized spacial score (nSPS) is 11.2. The Hall–Kier alpha value is -3.98. The Morgan fingerprint density at radius 3 is 2.50 bits per heavy atom. The summed E-state index contributed by atoms with van der Waals surface area (Å²) in [5, 5.41) is 7.03. The van der Waals surface area contributed by atoms with Crippen LogP contribution < -0.4 is 10.0 Å². The van der Waals surface area contributed by atoms with Crippen LogP contribution in [0.4, 0.5) is 10.1 Å². The Kier molecular flexibility index (Phi) is 6.00. The van der Waals surface area contributed by atoms with Crippen LogP contribution in [-0.4, -0.2) is 24.1 Å². The van der Waals surface area contributed by atoms with E-state index in [4.69, 9.17) is 0 Å². The van der Waals surface area contributed by atoms with Crippen molar-refractivity contribution in [2.24, 2.45) is 0 Å². The number of nitrogens with one attached hydrogen (secondary N) is 2. The highest BCUT2D eigenvalue weighted by molar-refractivity contribution is 7.92. The molecule has 0 aliphatic carbocycles. The number of benzene rings is 3. The second kappa shape index (κ2) is 9.03. The van der Waals surface area contributed by atoms with E-state index in [9.17, 15) is 17.6 Å². The van der Waals surface area contributed by atoms with Crippen molar-refractivity contribution in [1.82, 2.24) is 15.1 Å². The van der Waals surface area contributed by atoms with Crippen molar-refractivity contribution in [2.75, 3.05) is 4.72 Å². The van der Waals surface area contributed by atoms with Gasteiger partial charge in [0.25, 0.3) is 15.9 Å². The Morgan fingerprint density at radius 2 is 1.75 bits per heavy atom. The van der Waals surface area contributed by atoms with Gasteiger partial charge in [-0.1, -0.05) is 24.3 Å².